The number of hydrogen-bond donors (Lipinski definition) is 2. The summed E-state index contributed by atoms with van der Waals surface area (Å²) in [6.07, 6.45) is 5.06. The summed E-state index contributed by atoms with van der Waals surface area (Å²) in [6, 6.07) is 8.69. The van der Waals surface area contributed by atoms with Gasteiger partial charge in [-0.2, -0.15) is 0 Å². The number of hydrogen-bond acceptors (Lipinski definition) is 5. The third-order valence-electron chi connectivity index (χ3n) is 5.72. The topological polar surface area (TPSA) is 67.4 Å². The van der Waals surface area contributed by atoms with Crippen LogP contribution in [0.2, 0.25) is 0 Å². The Hall–Kier alpha value is -1.10. The lowest BCUT2D eigenvalue weighted by molar-refractivity contribution is 0.0191. The van der Waals surface area contributed by atoms with Gasteiger partial charge in [0.25, 0.3) is 0 Å². The van der Waals surface area contributed by atoms with Crippen molar-refractivity contribution in [1.29, 1.82) is 0 Å². The highest BCUT2D eigenvalue weighted by molar-refractivity contribution is 14.0. The van der Waals surface area contributed by atoms with Gasteiger partial charge in [0.05, 0.1) is 39.0 Å². The molecule has 0 radical (unpaired) electrons. The monoisotopic (exact) mass is 546 g/mol. The largest absolute Gasteiger partial charge is 0.497 e. The highest BCUT2D eigenvalue weighted by Crippen LogP contribution is 2.27. The normalized spacial score (nSPS) is 20.3. The maximum absolute atomic E-state index is 5.75. The average molecular weight is 546 g/mol. The maximum Gasteiger partial charge on any atom is 0.191 e. The molecule has 0 bridgehead atoms. The molecule has 2 N–H and O–H groups in total. The van der Waals surface area contributed by atoms with E-state index in [0.29, 0.717) is 13.2 Å². The van der Waals surface area contributed by atoms with Crippen molar-refractivity contribution in [3.05, 3.63) is 29.8 Å². The molecule has 0 saturated carbocycles. The Morgan fingerprint density at radius 1 is 1.19 bits per heavy atom. The van der Waals surface area contributed by atoms with Crippen LogP contribution >= 0.6 is 24.0 Å². The molecule has 2 aliphatic rings. The van der Waals surface area contributed by atoms with Crippen molar-refractivity contribution < 1.29 is 14.2 Å². The minimum atomic E-state index is 0. The summed E-state index contributed by atoms with van der Waals surface area (Å²) in [5, 5.41) is 6.75. The molecule has 2 heterocycles. The summed E-state index contributed by atoms with van der Waals surface area (Å²) >= 11 is 0. The molecule has 0 aromatic heterocycles. The third-order valence-corrected chi connectivity index (χ3v) is 5.72. The molecule has 7 nitrogen and oxygen atoms in total. The van der Waals surface area contributed by atoms with Crippen LogP contribution in [-0.4, -0.2) is 76.6 Å². The molecule has 3 rings (SSSR count). The first-order chi connectivity index (χ1) is 14.8. The van der Waals surface area contributed by atoms with Crippen LogP contribution in [0.4, 0.5) is 0 Å². The summed E-state index contributed by atoms with van der Waals surface area (Å²) in [6.45, 7) is 8.85. The fraction of sp³-hybridized carbons (Fsp3) is 0.696. The van der Waals surface area contributed by atoms with Crippen molar-refractivity contribution in [2.45, 2.75) is 44.8 Å². The quantitative estimate of drug-likeness (QED) is 0.192. The van der Waals surface area contributed by atoms with Gasteiger partial charge in [-0.25, -0.2) is 0 Å². The summed E-state index contributed by atoms with van der Waals surface area (Å²) < 4.78 is 16.7. The molecule has 2 fully saturated rings. The lowest BCUT2D eigenvalue weighted by atomic mass is 10.1. The number of ether oxygens (including phenoxy) is 3. The van der Waals surface area contributed by atoms with Gasteiger partial charge in [0.15, 0.2) is 5.96 Å². The van der Waals surface area contributed by atoms with Crippen LogP contribution in [0.5, 0.6) is 5.75 Å². The molecule has 1 aromatic rings. The molecule has 0 amide bonds. The Labute approximate surface area is 204 Å². The molecule has 8 heteroatoms. The lowest BCUT2D eigenvalue weighted by Gasteiger charge is -2.27. The number of rotatable bonds is 11. The van der Waals surface area contributed by atoms with Crippen molar-refractivity contribution in [3.63, 3.8) is 0 Å². The first-order valence-corrected chi connectivity index (χ1v) is 11.4. The zero-order valence-corrected chi connectivity index (χ0v) is 21.3. The molecule has 0 spiro atoms. The fourth-order valence-electron chi connectivity index (χ4n) is 4.06. The van der Waals surface area contributed by atoms with Gasteiger partial charge in [0.1, 0.15) is 5.75 Å². The number of aliphatic imine (C=N–C) groups is 1. The number of halogens is 1. The van der Waals surface area contributed by atoms with Crippen LogP contribution in [0.15, 0.2) is 29.3 Å². The van der Waals surface area contributed by atoms with Gasteiger partial charge in [-0.05, 0) is 63.4 Å². The van der Waals surface area contributed by atoms with Crippen LogP contribution in [-0.2, 0) is 9.47 Å². The number of nitrogens with one attached hydrogen (secondary N) is 2. The van der Waals surface area contributed by atoms with E-state index in [1.165, 1.54) is 18.4 Å². The minimum absolute atomic E-state index is 0. The number of nitrogens with zero attached hydrogens (tertiary/aromatic N) is 2. The van der Waals surface area contributed by atoms with Crippen molar-refractivity contribution in [1.82, 2.24) is 15.5 Å². The Morgan fingerprint density at radius 2 is 1.97 bits per heavy atom. The Morgan fingerprint density at radius 3 is 2.61 bits per heavy atom. The summed E-state index contributed by atoms with van der Waals surface area (Å²) in [7, 11) is 1.70. The molecule has 31 heavy (non-hydrogen) atoms. The van der Waals surface area contributed by atoms with Gasteiger partial charge in [-0.1, -0.05) is 12.1 Å². The second kappa shape index (κ2) is 14.9. The fourth-order valence-corrected chi connectivity index (χ4v) is 4.06. The molecule has 2 aliphatic heterocycles. The van der Waals surface area contributed by atoms with E-state index in [2.05, 4.69) is 34.6 Å². The van der Waals surface area contributed by atoms with Crippen molar-refractivity contribution >= 4 is 29.9 Å². The predicted molar refractivity (Wildman–Crippen MR) is 136 cm³/mol. The zero-order valence-electron chi connectivity index (χ0n) is 19.0. The number of benzene rings is 1. The average Bonchev–Trinajstić information content (AvgIpc) is 3.48. The third kappa shape index (κ3) is 8.75. The van der Waals surface area contributed by atoms with Crippen LogP contribution < -0.4 is 15.4 Å². The van der Waals surface area contributed by atoms with E-state index in [-0.39, 0.29) is 36.1 Å². The van der Waals surface area contributed by atoms with Crippen LogP contribution in [0.3, 0.4) is 0 Å². The van der Waals surface area contributed by atoms with Crippen molar-refractivity contribution in [2.24, 2.45) is 4.99 Å². The molecule has 2 unspecified atom stereocenters. The summed E-state index contributed by atoms with van der Waals surface area (Å²) in [4.78, 5) is 7.43. The minimum Gasteiger partial charge on any atom is -0.497 e. The molecular weight excluding hydrogens is 507 g/mol. The van der Waals surface area contributed by atoms with Crippen molar-refractivity contribution in [3.8, 4) is 5.75 Å². The second-order valence-electron chi connectivity index (χ2n) is 7.89. The Bertz CT molecular complexity index is 632. The highest BCUT2D eigenvalue weighted by atomic mass is 127. The first-order valence-electron chi connectivity index (χ1n) is 11.4. The number of methoxy groups -OCH3 is 1. The smallest absolute Gasteiger partial charge is 0.191 e. The van der Waals surface area contributed by atoms with E-state index in [0.717, 1.165) is 63.9 Å². The Balaban J connectivity index is 0.00000341. The lowest BCUT2D eigenvalue weighted by Crippen LogP contribution is -2.40. The summed E-state index contributed by atoms with van der Waals surface area (Å²) in [5.74, 6) is 1.73. The standard InChI is InChI=1S/C23H38N4O3.HI/c1-3-24-23(25-12-16-29-18-21-7-6-15-30-21)26-17-22(27-13-4-5-14-27)19-8-10-20(28-2)11-9-19;/h8-11,21-22H,3-7,12-18H2,1-2H3,(H2,24,25,26);1H. The zero-order chi connectivity index (χ0) is 21.0. The SMILES string of the molecule is CCNC(=NCC(c1ccc(OC)cc1)N1CCCC1)NCCOCC1CCCO1.I. The second-order valence-corrected chi connectivity index (χ2v) is 7.89. The van der Waals surface area contributed by atoms with E-state index in [1.807, 2.05) is 12.1 Å². The van der Waals surface area contributed by atoms with E-state index in [4.69, 9.17) is 19.2 Å². The van der Waals surface area contributed by atoms with Gasteiger partial charge in [-0.3, -0.25) is 9.89 Å². The van der Waals surface area contributed by atoms with Crippen molar-refractivity contribution in [2.75, 3.05) is 59.7 Å². The predicted octanol–water partition coefficient (Wildman–Crippen LogP) is 3.20. The van der Waals surface area contributed by atoms with E-state index in [1.54, 1.807) is 7.11 Å². The molecule has 0 aliphatic carbocycles. The Kier molecular flexibility index (Phi) is 12.5. The molecule has 2 atom stereocenters. The van der Waals surface area contributed by atoms with Gasteiger partial charge >= 0.3 is 0 Å². The number of likely N-dealkylation sites (tertiary alicyclic amines) is 1. The van der Waals surface area contributed by atoms with Gasteiger partial charge < -0.3 is 24.8 Å². The highest BCUT2D eigenvalue weighted by Gasteiger charge is 2.23. The molecule has 176 valence electrons. The van der Waals surface area contributed by atoms with E-state index in [9.17, 15) is 0 Å². The maximum atomic E-state index is 5.75. The molecule has 1 aromatic carbocycles. The van der Waals surface area contributed by atoms with Gasteiger partial charge in [0.2, 0.25) is 0 Å². The number of guanidine groups is 1. The summed E-state index contributed by atoms with van der Waals surface area (Å²) in [5.41, 5.74) is 1.29. The van der Waals surface area contributed by atoms with Crippen LogP contribution in [0.25, 0.3) is 0 Å². The van der Waals surface area contributed by atoms with Gasteiger partial charge in [0, 0.05) is 19.7 Å². The van der Waals surface area contributed by atoms with E-state index < -0.39 is 0 Å². The first kappa shape index (κ1) is 26.2. The van der Waals surface area contributed by atoms with Crippen LogP contribution in [0, 0.1) is 0 Å². The van der Waals surface area contributed by atoms with Crippen LogP contribution in [0.1, 0.15) is 44.2 Å². The van der Waals surface area contributed by atoms with E-state index >= 15 is 0 Å². The van der Waals surface area contributed by atoms with Gasteiger partial charge in [-0.15, -0.1) is 24.0 Å². The molecular formula is C23H39IN4O3. The molecule has 2 saturated heterocycles.